The average molecular weight is 302 g/mol. The highest BCUT2D eigenvalue weighted by atomic mass is 32.2. The van der Waals surface area contributed by atoms with Crippen LogP contribution in [0.2, 0.25) is 0 Å². The largest absolute Gasteiger partial charge is 0.494 e. The van der Waals surface area contributed by atoms with E-state index in [2.05, 4.69) is 0 Å². The van der Waals surface area contributed by atoms with Crippen LogP contribution in [0.3, 0.4) is 0 Å². The zero-order chi connectivity index (χ0) is 14.9. The van der Waals surface area contributed by atoms with Gasteiger partial charge in [-0.1, -0.05) is 6.07 Å². The molecule has 0 bridgehead atoms. The van der Waals surface area contributed by atoms with E-state index in [9.17, 15) is 17.6 Å². The summed E-state index contributed by atoms with van der Waals surface area (Å²) in [5.74, 6) is -1.65. The Hall–Kier alpha value is -1.67. The minimum absolute atomic E-state index is 0.0326. The van der Waals surface area contributed by atoms with Crippen molar-refractivity contribution in [1.82, 2.24) is 0 Å². The van der Waals surface area contributed by atoms with Crippen LogP contribution < -0.4 is 14.8 Å². The fraction of sp³-hybridized carbons (Fsp3) is 0.417. The quantitative estimate of drug-likeness (QED) is 0.875. The van der Waals surface area contributed by atoms with Crippen LogP contribution in [0.4, 0.5) is 10.1 Å². The zero-order valence-electron chi connectivity index (χ0n) is 10.9. The lowest BCUT2D eigenvalue weighted by atomic mass is 10.1. The van der Waals surface area contributed by atoms with E-state index in [4.69, 9.17) is 9.88 Å². The van der Waals surface area contributed by atoms with Crippen molar-refractivity contribution in [1.29, 1.82) is 0 Å². The third-order valence-electron chi connectivity index (χ3n) is 3.13. The van der Waals surface area contributed by atoms with Gasteiger partial charge in [0.2, 0.25) is 15.9 Å². The third kappa shape index (κ3) is 3.07. The Labute approximate surface area is 116 Å². The number of anilines is 1. The number of nitrogens with two attached hydrogens (primary N) is 1. The summed E-state index contributed by atoms with van der Waals surface area (Å²) in [4.78, 5) is 13.1. The Morgan fingerprint density at radius 1 is 1.50 bits per heavy atom. The molecule has 1 fully saturated rings. The minimum atomic E-state index is -3.66. The van der Waals surface area contributed by atoms with Crippen LogP contribution in [-0.2, 0) is 14.8 Å². The number of carbonyl (C=O) groups is 1. The molecule has 8 heteroatoms. The predicted octanol–water partition coefficient (Wildman–Crippen LogP) is 0.476. The molecular formula is C12H15FN2O4S. The van der Waals surface area contributed by atoms with Crippen LogP contribution in [-0.4, -0.2) is 33.7 Å². The van der Waals surface area contributed by atoms with Gasteiger partial charge in [-0.2, -0.15) is 0 Å². The summed E-state index contributed by atoms with van der Waals surface area (Å²) in [6, 6.07) is 4.47. The molecule has 1 aliphatic heterocycles. The SMILES string of the molecule is COc1cccc(N2CC(CS(N)(=O)=O)CC2=O)c1F. The lowest BCUT2D eigenvalue weighted by molar-refractivity contribution is -0.117. The smallest absolute Gasteiger partial charge is 0.227 e. The Bertz CT molecular complexity index is 632. The molecule has 20 heavy (non-hydrogen) atoms. The van der Waals surface area contributed by atoms with Crippen molar-refractivity contribution in [2.24, 2.45) is 11.1 Å². The first-order chi connectivity index (χ1) is 9.31. The van der Waals surface area contributed by atoms with Gasteiger partial charge in [0.25, 0.3) is 0 Å². The second-order valence-electron chi connectivity index (χ2n) is 4.70. The lowest BCUT2D eigenvalue weighted by Crippen LogP contribution is -2.28. The van der Waals surface area contributed by atoms with Crippen LogP contribution in [0.1, 0.15) is 6.42 Å². The Morgan fingerprint density at radius 2 is 2.20 bits per heavy atom. The number of sulfonamides is 1. The lowest BCUT2D eigenvalue weighted by Gasteiger charge is -2.18. The summed E-state index contributed by atoms with van der Waals surface area (Å²) in [5.41, 5.74) is 0.0891. The highest BCUT2D eigenvalue weighted by Gasteiger charge is 2.34. The molecule has 2 N–H and O–H groups in total. The van der Waals surface area contributed by atoms with Gasteiger partial charge in [0.05, 0.1) is 18.6 Å². The number of primary sulfonamides is 1. The highest BCUT2D eigenvalue weighted by molar-refractivity contribution is 7.89. The maximum atomic E-state index is 14.1. The molecular weight excluding hydrogens is 287 g/mol. The summed E-state index contributed by atoms with van der Waals surface area (Å²) < 4.78 is 41.1. The molecule has 1 aromatic carbocycles. The molecule has 1 aliphatic rings. The number of benzene rings is 1. The monoisotopic (exact) mass is 302 g/mol. The van der Waals surface area contributed by atoms with Gasteiger partial charge < -0.3 is 9.64 Å². The van der Waals surface area contributed by atoms with Crippen LogP contribution in [0, 0.1) is 11.7 Å². The van der Waals surface area contributed by atoms with Crippen molar-refractivity contribution in [3.63, 3.8) is 0 Å². The van der Waals surface area contributed by atoms with Crippen LogP contribution >= 0.6 is 0 Å². The molecule has 2 rings (SSSR count). The maximum absolute atomic E-state index is 14.1. The number of methoxy groups -OCH3 is 1. The van der Waals surface area contributed by atoms with Gasteiger partial charge in [-0.25, -0.2) is 17.9 Å². The molecule has 0 spiro atoms. The molecule has 6 nitrogen and oxygen atoms in total. The molecule has 0 radical (unpaired) electrons. The van der Waals surface area contributed by atoms with Gasteiger partial charge >= 0.3 is 0 Å². The molecule has 110 valence electrons. The van der Waals surface area contributed by atoms with Crippen molar-refractivity contribution in [3.8, 4) is 5.75 Å². The zero-order valence-corrected chi connectivity index (χ0v) is 11.7. The minimum Gasteiger partial charge on any atom is -0.494 e. The van der Waals surface area contributed by atoms with Crippen molar-refractivity contribution < 1.29 is 22.3 Å². The molecule has 1 unspecified atom stereocenters. The van der Waals surface area contributed by atoms with Crippen molar-refractivity contribution in [2.45, 2.75) is 6.42 Å². The van der Waals surface area contributed by atoms with Gasteiger partial charge in [0, 0.05) is 18.9 Å². The van der Waals surface area contributed by atoms with Gasteiger partial charge in [-0.15, -0.1) is 0 Å². The molecule has 1 amide bonds. The molecule has 1 atom stereocenters. The first-order valence-electron chi connectivity index (χ1n) is 5.95. The van der Waals surface area contributed by atoms with Gasteiger partial charge in [0.1, 0.15) is 0 Å². The number of halogens is 1. The van der Waals surface area contributed by atoms with E-state index in [1.54, 1.807) is 6.07 Å². The van der Waals surface area contributed by atoms with Crippen LogP contribution in [0.15, 0.2) is 18.2 Å². The summed E-state index contributed by atoms with van der Waals surface area (Å²) in [5, 5.41) is 4.97. The number of carbonyl (C=O) groups excluding carboxylic acids is 1. The topological polar surface area (TPSA) is 89.7 Å². The van der Waals surface area contributed by atoms with Crippen molar-refractivity contribution >= 4 is 21.6 Å². The summed E-state index contributed by atoms with van der Waals surface area (Å²) in [6.45, 7) is 0.124. The molecule has 1 aromatic rings. The summed E-state index contributed by atoms with van der Waals surface area (Å²) in [7, 11) is -2.33. The first-order valence-corrected chi connectivity index (χ1v) is 7.66. The number of ether oxygens (including phenoxy) is 1. The van der Waals surface area contributed by atoms with Crippen LogP contribution in [0.25, 0.3) is 0 Å². The van der Waals surface area contributed by atoms with Gasteiger partial charge in [-0.05, 0) is 12.1 Å². The van der Waals surface area contributed by atoms with E-state index in [1.165, 1.54) is 24.1 Å². The maximum Gasteiger partial charge on any atom is 0.227 e. The summed E-state index contributed by atoms with van der Waals surface area (Å²) >= 11 is 0. The van der Waals surface area contributed by atoms with E-state index in [-0.39, 0.29) is 36.1 Å². The standard InChI is InChI=1S/C12H15FN2O4S/c1-19-10-4-2-3-9(12(10)13)15-6-8(5-11(15)16)7-20(14,17)18/h2-4,8H,5-7H2,1H3,(H2,14,17,18). The van der Waals surface area contributed by atoms with Crippen molar-refractivity contribution in [3.05, 3.63) is 24.0 Å². The second-order valence-corrected chi connectivity index (χ2v) is 6.36. The van der Waals surface area contributed by atoms with Gasteiger partial charge in [0.15, 0.2) is 11.6 Å². The van der Waals surface area contributed by atoms with E-state index in [0.29, 0.717) is 0 Å². The van der Waals surface area contributed by atoms with E-state index < -0.39 is 21.8 Å². The Balaban J connectivity index is 2.24. The predicted molar refractivity (Wildman–Crippen MR) is 71.4 cm³/mol. The molecule has 0 saturated carbocycles. The van der Waals surface area contributed by atoms with E-state index >= 15 is 0 Å². The Kier molecular flexibility index (Phi) is 3.96. The number of nitrogens with zero attached hydrogens (tertiary/aromatic N) is 1. The first kappa shape index (κ1) is 14.7. The number of hydrogen-bond acceptors (Lipinski definition) is 4. The normalized spacial score (nSPS) is 19.4. The van der Waals surface area contributed by atoms with Crippen molar-refractivity contribution in [2.75, 3.05) is 24.3 Å². The second kappa shape index (κ2) is 5.37. The third-order valence-corrected chi connectivity index (χ3v) is 4.06. The summed E-state index contributed by atoms with van der Waals surface area (Å²) in [6.07, 6.45) is 0.0348. The fourth-order valence-corrected chi connectivity index (χ4v) is 3.20. The molecule has 1 saturated heterocycles. The van der Waals surface area contributed by atoms with E-state index in [1.807, 2.05) is 0 Å². The van der Waals surface area contributed by atoms with Crippen LogP contribution in [0.5, 0.6) is 5.75 Å². The highest BCUT2D eigenvalue weighted by Crippen LogP contribution is 2.31. The number of hydrogen-bond donors (Lipinski definition) is 1. The fourth-order valence-electron chi connectivity index (χ4n) is 2.32. The van der Waals surface area contributed by atoms with E-state index in [0.717, 1.165) is 0 Å². The number of amides is 1. The Morgan fingerprint density at radius 3 is 2.80 bits per heavy atom. The number of rotatable bonds is 4. The molecule has 0 aromatic heterocycles. The molecule has 1 heterocycles. The van der Waals surface area contributed by atoms with Gasteiger partial charge in [-0.3, -0.25) is 4.79 Å². The average Bonchev–Trinajstić information content (AvgIpc) is 2.68. The molecule has 0 aliphatic carbocycles.